The summed E-state index contributed by atoms with van der Waals surface area (Å²) in [5.41, 5.74) is 6.81. The van der Waals surface area contributed by atoms with Gasteiger partial charge in [0.1, 0.15) is 24.8 Å². The summed E-state index contributed by atoms with van der Waals surface area (Å²) in [6, 6.07) is 58.5. The van der Waals surface area contributed by atoms with E-state index >= 15 is 0 Å². The number of benzene rings is 7. The molecule has 0 aliphatic heterocycles. The van der Waals surface area contributed by atoms with Crippen molar-refractivity contribution in [1.82, 2.24) is 10.6 Å². The van der Waals surface area contributed by atoms with E-state index in [2.05, 4.69) is 10.6 Å². The SMILES string of the molecule is O=C(CC[C@H](NC(=O)OCC1c2ccccc2-c2ccccc21)C(=O)OCc1ccc(C(=O)OCC(=O)c2ccccc2)cc1)NC(c1ccccc1)(c1ccccc1)c1ccccc1. The first kappa shape index (κ1) is 43.5. The van der Waals surface area contributed by atoms with Gasteiger partial charge in [-0.3, -0.25) is 9.59 Å². The van der Waals surface area contributed by atoms with Crippen LogP contribution in [-0.4, -0.2) is 49.0 Å². The van der Waals surface area contributed by atoms with Gasteiger partial charge in [0.15, 0.2) is 12.4 Å². The van der Waals surface area contributed by atoms with E-state index in [4.69, 9.17) is 14.2 Å². The van der Waals surface area contributed by atoms with E-state index in [0.29, 0.717) is 11.1 Å². The molecule has 0 saturated heterocycles. The van der Waals surface area contributed by atoms with Crippen LogP contribution in [0.2, 0.25) is 0 Å². The Hall–Kier alpha value is -8.11. The number of carbonyl (C=O) groups is 5. The summed E-state index contributed by atoms with van der Waals surface area (Å²) in [6.45, 7) is -0.593. The summed E-state index contributed by atoms with van der Waals surface area (Å²) in [4.78, 5) is 67.0. The molecule has 0 heterocycles. The number of hydrogen-bond donors (Lipinski definition) is 2. The lowest BCUT2D eigenvalue weighted by Crippen LogP contribution is -2.48. The minimum atomic E-state index is -1.27. The van der Waals surface area contributed by atoms with Gasteiger partial charge in [0.25, 0.3) is 0 Å². The molecule has 1 aliphatic rings. The van der Waals surface area contributed by atoms with E-state index in [1.54, 1.807) is 42.5 Å². The minimum absolute atomic E-state index is 0.0189. The van der Waals surface area contributed by atoms with E-state index < -0.39 is 36.2 Å². The van der Waals surface area contributed by atoms with Crippen molar-refractivity contribution in [2.75, 3.05) is 13.2 Å². The van der Waals surface area contributed by atoms with Crippen molar-refractivity contribution in [1.29, 1.82) is 0 Å². The Kier molecular flexibility index (Phi) is 13.7. The number of alkyl carbamates (subject to hydrolysis) is 1. The van der Waals surface area contributed by atoms with Crippen LogP contribution in [-0.2, 0) is 35.9 Å². The number of carbonyl (C=O) groups excluding carboxylic acids is 5. The second-order valence-electron chi connectivity index (χ2n) is 15.6. The number of ketones is 1. The van der Waals surface area contributed by atoms with Crippen LogP contribution in [0.15, 0.2) is 194 Å². The lowest BCUT2D eigenvalue weighted by Gasteiger charge is -2.37. The first-order chi connectivity index (χ1) is 31.8. The Morgan fingerprint density at radius 3 is 1.55 bits per heavy atom. The van der Waals surface area contributed by atoms with Crippen molar-refractivity contribution in [3.63, 3.8) is 0 Å². The zero-order valence-corrected chi connectivity index (χ0v) is 35.4. The van der Waals surface area contributed by atoms with E-state index in [9.17, 15) is 24.0 Å². The maximum atomic E-state index is 14.3. The molecule has 8 rings (SSSR count). The standard InChI is InChI=1S/C55H46N2O8/c58-50(39-17-5-1-6-18-39)37-64-52(60)40-31-29-38(30-32-40)35-63-53(61)49(56-54(62)65-36-48-46-27-15-13-25-44(46)45-26-14-16-28-47(45)48)33-34-51(59)57-55(41-19-7-2-8-20-41,42-21-9-3-10-22-42)43-23-11-4-12-24-43/h1-32,48-49H,33-37H2,(H,56,62)(H,57,59)/t49-/m0/s1. The summed E-state index contributed by atoms with van der Waals surface area (Å²) in [5.74, 6) is -2.38. The van der Waals surface area contributed by atoms with Crippen LogP contribution < -0.4 is 10.6 Å². The lowest BCUT2D eigenvalue weighted by molar-refractivity contribution is -0.147. The fourth-order valence-corrected chi connectivity index (χ4v) is 8.27. The maximum Gasteiger partial charge on any atom is 0.407 e. The van der Waals surface area contributed by atoms with Gasteiger partial charge in [-0.1, -0.05) is 182 Å². The van der Waals surface area contributed by atoms with Crippen LogP contribution in [0.25, 0.3) is 11.1 Å². The zero-order valence-electron chi connectivity index (χ0n) is 35.4. The number of ether oxygens (including phenoxy) is 3. The molecule has 0 spiro atoms. The summed E-state index contributed by atoms with van der Waals surface area (Å²) < 4.78 is 16.8. The van der Waals surface area contributed by atoms with Crippen molar-refractivity contribution in [3.8, 4) is 11.1 Å². The van der Waals surface area contributed by atoms with Crippen molar-refractivity contribution >= 4 is 29.7 Å². The molecule has 1 aliphatic carbocycles. The number of hydrogen-bond acceptors (Lipinski definition) is 8. The average Bonchev–Trinajstić information content (AvgIpc) is 3.69. The first-order valence-corrected chi connectivity index (χ1v) is 21.4. The highest BCUT2D eigenvalue weighted by Crippen LogP contribution is 2.44. The predicted octanol–water partition coefficient (Wildman–Crippen LogP) is 9.57. The van der Waals surface area contributed by atoms with Crippen LogP contribution in [0.4, 0.5) is 4.79 Å². The Morgan fingerprint density at radius 1 is 0.523 bits per heavy atom. The summed E-state index contributed by atoms with van der Waals surface area (Å²) >= 11 is 0. The number of esters is 2. The monoisotopic (exact) mass is 862 g/mol. The molecule has 0 fully saturated rings. The molecule has 7 aromatic rings. The Labute approximate surface area is 377 Å². The molecule has 0 saturated carbocycles. The molecule has 0 radical (unpaired) electrons. The molecular weight excluding hydrogens is 817 g/mol. The van der Waals surface area contributed by atoms with E-state index in [0.717, 1.165) is 38.9 Å². The number of fused-ring (bicyclic) bond motifs is 3. The molecule has 1 atom stereocenters. The van der Waals surface area contributed by atoms with Crippen LogP contribution in [0.5, 0.6) is 0 Å². The molecule has 324 valence electrons. The highest BCUT2D eigenvalue weighted by molar-refractivity contribution is 5.99. The highest BCUT2D eigenvalue weighted by Gasteiger charge is 2.38. The van der Waals surface area contributed by atoms with Gasteiger partial charge in [-0.05, 0) is 63.1 Å². The normalized spacial score (nSPS) is 12.2. The molecule has 2 amide bonds. The third-order valence-electron chi connectivity index (χ3n) is 11.5. The molecular formula is C55H46N2O8. The van der Waals surface area contributed by atoms with Gasteiger partial charge < -0.3 is 24.8 Å². The molecule has 0 bridgehead atoms. The van der Waals surface area contributed by atoms with Crippen LogP contribution in [0.1, 0.15) is 72.9 Å². The van der Waals surface area contributed by atoms with E-state index in [1.165, 1.54) is 12.1 Å². The quantitative estimate of drug-likeness (QED) is 0.0400. The Morgan fingerprint density at radius 2 is 1.02 bits per heavy atom. The van der Waals surface area contributed by atoms with Gasteiger partial charge in [-0.2, -0.15) is 0 Å². The summed E-state index contributed by atoms with van der Waals surface area (Å²) in [7, 11) is 0. The largest absolute Gasteiger partial charge is 0.459 e. The van der Waals surface area contributed by atoms with Crippen LogP contribution in [0, 0.1) is 0 Å². The summed E-state index contributed by atoms with van der Waals surface area (Å²) in [6.07, 6.45) is -1.12. The van der Waals surface area contributed by atoms with Gasteiger partial charge in [0.2, 0.25) is 5.91 Å². The van der Waals surface area contributed by atoms with Gasteiger partial charge >= 0.3 is 18.0 Å². The zero-order chi connectivity index (χ0) is 45.0. The summed E-state index contributed by atoms with van der Waals surface area (Å²) in [5, 5.41) is 6.00. The third kappa shape index (κ3) is 10.1. The Bertz CT molecular complexity index is 2620. The Balaban J connectivity index is 0.971. The second kappa shape index (κ2) is 20.4. The van der Waals surface area contributed by atoms with Crippen molar-refractivity contribution < 1.29 is 38.2 Å². The van der Waals surface area contributed by atoms with Gasteiger partial charge in [0.05, 0.1) is 5.56 Å². The molecule has 7 aromatic carbocycles. The van der Waals surface area contributed by atoms with E-state index in [-0.39, 0.29) is 49.2 Å². The first-order valence-electron chi connectivity index (χ1n) is 21.4. The second-order valence-corrected chi connectivity index (χ2v) is 15.6. The smallest absolute Gasteiger partial charge is 0.407 e. The maximum absolute atomic E-state index is 14.3. The topological polar surface area (TPSA) is 137 Å². The van der Waals surface area contributed by atoms with Crippen molar-refractivity contribution in [2.24, 2.45) is 0 Å². The van der Waals surface area contributed by atoms with Crippen molar-refractivity contribution in [2.45, 2.75) is 36.9 Å². The van der Waals surface area contributed by atoms with Crippen LogP contribution in [0.3, 0.4) is 0 Å². The van der Waals surface area contributed by atoms with E-state index in [1.807, 2.05) is 140 Å². The lowest BCUT2D eigenvalue weighted by atomic mass is 9.77. The molecule has 10 heteroatoms. The predicted molar refractivity (Wildman–Crippen MR) is 246 cm³/mol. The average molecular weight is 863 g/mol. The molecule has 0 aromatic heterocycles. The number of amides is 2. The molecule has 0 unspecified atom stereocenters. The van der Waals surface area contributed by atoms with Gasteiger partial charge in [0, 0.05) is 17.9 Å². The fraction of sp³-hybridized carbons (Fsp3) is 0.145. The highest BCUT2D eigenvalue weighted by atomic mass is 16.6. The number of rotatable bonds is 17. The number of nitrogens with one attached hydrogen (secondary N) is 2. The van der Waals surface area contributed by atoms with Crippen molar-refractivity contribution in [3.05, 3.63) is 239 Å². The third-order valence-corrected chi connectivity index (χ3v) is 11.5. The number of Topliss-reactive ketones (excluding diaryl/α,β-unsaturated/α-hetero) is 1. The molecule has 65 heavy (non-hydrogen) atoms. The molecule has 10 nitrogen and oxygen atoms in total. The molecule has 2 N–H and O–H groups in total. The van der Waals surface area contributed by atoms with Crippen LogP contribution >= 0.6 is 0 Å². The fourth-order valence-electron chi connectivity index (χ4n) is 8.27. The van der Waals surface area contributed by atoms with Gasteiger partial charge in [-0.25, -0.2) is 14.4 Å². The van der Waals surface area contributed by atoms with Gasteiger partial charge in [-0.15, -0.1) is 0 Å². The minimum Gasteiger partial charge on any atom is -0.459 e.